The fraction of sp³-hybridized carbons (Fsp3) is 0.754. The number of aliphatic carboxylic acids is 1. The lowest BCUT2D eigenvalue weighted by molar-refractivity contribution is -0.301. The molecule has 0 radical (unpaired) electrons. The number of rotatable bonds is 52. The minimum absolute atomic E-state index is 0.0509. The third-order valence-corrected chi connectivity index (χ3v) is 13.7. The van der Waals surface area contributed by atoms with Gasteiger partial charge in [-0.25, -0.2) is 4.79 Å². The molecule has 6 unspecified atom stereocenters. The van der Waals surface area contributed by atoms with Crippen molar-refractivity contribution >= 4 is 23.9 Å². The molecule has 12 nitrogen and oxygen atoms in total. The van der Waals surface area contributed by atoms with Crippen molar-refractivity contribution in [3.8, 4) is 0 Å². The van der Waals surface area contributed by atoms with Gasteiger partial charge in [0, 0.05) is 19.3 Å². The number of hydrogen-bond acceptors (Lipinski definition) is 11. The van der Waals surface area contributed by atoms with Crippen LogP contribution >= 0.6 is 0 Å². The van der Waals surface area contributed by atoms with Crippen LogP contribution in [0.25, 0.3) is 0 Å². The van der Waals surface area contributed by atoms with Gasteiger partial charge in [-0.3, -0.25) is 14.4 Å². The Morgan fingerprint density at radius 1 is 0.442 bits per heavy atom. The molecule has 442 valence electrons. The smallest absolute Gasteiger partial charge is 0.335 e. The number of aliphatic hydroxyl groups is 2. The molecule has 0 spiro atoms. The predicted molar refractivity (Wildman–Crippen MR) is 312 cm³/mol. The molecule has 1 fully saturated rings. The highest BCUT2D eigenvalue weighted by molar-refractivity contribution is 5.74. The molecular formula is C65H110O12. The number of carboxylic acids is 1. The Kier molecular flexibility index (Phi) is 48.8. The van der Waals surface area contributed by atoms with Crippen molar-refractivity contribution in [2.45, 2.75) is 302 Å². The Bertz CT molecular complexity index is 1620. The Morgan fingerprint density at radius 3 is 1.29 bits per heavy atom. The van der Waals surface area contributed by atoms with Gasteiger partial charge in [0.1, 0.15) is 18.8 Å². The summed E-state index contributed by atoms with van der Waals surface area (Å²) in [7, 11) is 0. The first-order valence-electron chi connectivity index (χ1n) is 30.9. The molecule has 6 atom stereocenters. The summed E-state index contributed by atoms with van der Waals surface area (Å²) in [6.45, 7) is 5.84. The van der Waals surface area contributed by atoms with E-state index in [-0.39, 0.29) is 25.9 Å². The van der Waals surface area contributed by atoms with Gasteiger partial charge in [-0.2, -0.15) is 0 Å². The number of unbranched alkanes of at least 4 members (excludes halogenated alkanes) is 26. The van der Waals surface area contributed by atoms with E-state index >= 15 is 0 Å². The highest BCUT2D eigenvalue weighted by atomic mass is 16.7. The molecule has 1 rings (SSSR count). The van der Waals surface area contributed by atoms with Crippen LogP contribution in [0.5, 0.6) is 0 Å². The van der Waals surface area contributed by atoms with E-state index in [1.807, 2.05) is 0 Å². The highest BCUT2D eigenvalue weighted by Crippen LogP contribution is 2.26. The maximum Gasteiger partial charge on any atom is 0.335 e. The molecule has 0 aromatic rings. The van der Waals surface area contributed by atoms with Gasteiger partial charge in [0.25, 0.3) is 0 Å². The van der Waals surface area contributed by atoms with Crippen LogP contribution in [0.1, 0.15) is 265 Å². The molecule has 1 aliphatic heterocycles. The normalized spacial score (nSPS) is 18.5. The zero-order valence-electron chi connectivity index (χ0n) is 48.7. The average molecular weight is 1080 g/mol. The zero-order valence-corrected chi connectivity index (χ0v) is 48.7. The van der Waals surface area contributed by atoms with Gasteiger partial charge in [0.05, 0.1) is 6.61 Å². The number of aliphatic hydroxyl groups excluding tert-OH is 2. The second-order valence-corrected chi connectivity index (χ2v) is 20.9. The standard InChI is InChI=1S/C65H110O12/c1-4-7-10-13-16-19-22-25-28-29-32-35-38-41-44-47-50-53-59(68)76-63-61(70)60(69)62(64(71)72)77-65(63)74-55-56(75-58(67)52-49-46-43-40-37-34-31-27-24-21-18-15-12-9-6-3)54-73-57(66)51-48-45-42-39-36-33-30-26-23-20-17-14-11-8-5-2/h8,11,17-18,20-21,25-28,30-31,56,60-63,65,69-70H,4-7,9-10,12-16,19,22-24,29,32-55H2,1-3H3,(H,71,72)/b11-8-,20-17-,21-18-,28-25-,30-26-,31-27-. The number of hydrogen-bond donors (Lipinski definition) is 3. The lowest BCUT2D eigenvalue weighted by Crippen LogP contribution is -2.61. The lowest BCUT2D eigenvalue weighted by Gasteiger charge is -2.40. The molecule has 3 N–H and O–H groups in total. The minimum atomic E-state index is -1.91. The first-order valence-corrected chi connectivity index (χ1v) is 30.9. The summed E-state index contributed by atoms with van der Waals surface area (Å²) in [5, 5.41) is 31.5. The fourth-order valence-electron chi connectivity index (χ4n) is 9.00. The number of carbonyl (C=O) groups is 4. The maximum atomic E-state index is 13.2. The van der Waals surface area contributed by atoms with Crippen molar-refractivity contribution in [3.63, 3.8) is 0 Å². The lowest BCUT2D eigenvalue weighted by atomic mass is 9.98. The minimum Gasteiger partial charge on any atom is -0.479 e. The van der Waals surface area contributed by atoms with E-state index in [2.05, 4.69) is 93.7 Å². The average Bonchev–Trinajstić information content (AvgIpc) is 3.42. The van der Waals surface area contributed by atoms with Gasteiger partial charge in [-0.1, -0.05) is 209 Å². The van der Waals surface area contributed by atoms with Crippen LogP contribution < -0.4 is 0 Å². The third-order valence-electron chi connectivity index (χ3n) is 13.7. The van der Waals surface area contributed by atoms with Gasteiger partial charge in [-0.15, -0.1) is 0 Å². The van der Waals surface area contributed by atoms with Crippen molar-refractivity contribution < 1.29 is 58.2 Å². The molecule has 0 aromatic heterocycles. The summed E-state index contributed by atoms with van der Waals surface area (Å²) in [5.74, 6) is -3.16. The molecule has 0 amide bonds. The van der Waals surface area contributed by atoms with Crippen molar-refractivity contribution in [3.05, 3.63) is 72.9 Å². The summed E-state index contributed by atoms with van der Waals surface area (Å²) >= 11 is 0. The molecule has 12 heteroatoms. The van der Waals surface area contributed by atoms with Crippen molar-refractivity contribution in [1.82, 2.24) is 0 Å². The second kappa shape index (κ2) is 52.8. The maximum absolute atomic E-state index is 13.2. The van der Waals surface area contributed by atoms with E-state index in [0.29, 0.717) is 19.3 Å². The molecule has 1 heterocycles. The number of carbonyl (C=O) groups excluding carboxylic acids is 3. The molecule has 0 saturated carbocycles. The number of carboxylic acid groups (broad SMARTS) is 1. The van der Waals surface area contributed by atoms with Crippen LogP contribution in [0.4, 0.5) is 0 Å². The van der Waals surface area contributed by atoms with E-state index in [9.17, 15) is 34.5 Å². The molecule has 0 aromatic carbocycles. The van der Waals surface area contributed by atoms with Gasteiger partial charge >= 0.3 is 23.9 Å². The van der Waals surface area contributed by atoms with Crippen LogP contribution in [0, 0.1) is 0 Å². The third kappa shape index (κ3) is 42.7. The molecular weight excluding hydrogens is 973 g/mol. The quantitative estimate of drug-likeness (QED) is 0.0228. The second-order valence-electron chi connectivity index (χ2n) is 20.9. The molecule has 77 heavy (non-hydrogen) atoms. The highest BCUT2D eigenvalue weighted by Gasteiger charge is 2.50. The fourth-order valence-corrected chi connectivity index (χ4v) is 9.00. The molecule has 1 saturated heterocycles. The van der Waals surface area contributed by atoms with E-state index in [4.69, 9.17) is 23.7 Å². The SMILES string of the molecule is CC/C=C\C/C=C\C/C=C\CCCCCCCC(=O)OCC(COC1OC(C(=O)O)C(O)C(O)C1OC(=O)CCCCCCCCC/C=C\CCCCCCCC)OC(=O)CCCCCCC/C=C\C/C=C\CCCCC. The molecule has 1 aliphatic rings. The number of esters is 3. The summed E-state index contributed by atoms with van der Waals surface area (Å²) in [4.78, 5) is 51.2. The van der Waals surface area contributed by atoms with Crippen molar-refractivity contribution in [2.75, 3.05) is 13.2 Å². The summed E-state index contributed by atoms with van der Waals surface area (Å²) in [6.07, 6.45) is 54.3. The Hall–Kier alpha value is -3.84. The largest absolute Gasteiger partial charge is 0.479 e. The van der Waals surface area contributed by atoms with Crippen LogP contribution in [0.3, 0.4) is 0 Å². The Balaban J connectivity index is 2.70. The van der Waals surface area contributed by atoms with Crippen LogP contribution in [-0.2, 0) is 42.9 Å². The monoisotopic (exact) mass is 1080 g/mol. The topological polar surface area (TPSA) is 175 Å². The summed E-state index contributed by atoms with van der Waals surface area (Å²) in [6, 6.07) is 0. The summed E-state index contributed by atoms with van der Waals surface area (Å²) in [5.41, 5.74) is 0. The van der Waals surface area contributed by atoms with Gasteiger partial charge in [0.15, 0.2) is 24.6 Å². The van der Waals surface area contributed by atoms with E-state index in [0.717, 1.165) is 128 Å². The Morgan fingerprint density at radius 2 is 0.818 bits per heavy atom. The van der Waals surface area contributed by atoms with Gasteiger partial charge < -0.3 is 39.0 Å². The molecule has 0 aliphatic carbocycles. The van der Waals surface area contributed by atoms with Crippen LogP contribution in [-0.4, -0.2) is 89.2 Å². The summed E-state index contributed by atoms with van der Waals surface area (Å²) < 4.78 is 28.4. The number of ether oxygens (including phenoxy) is 5. The first-order chi connectivity index (χ1) is 37.6. The van der Waals surface area contributed by atoms with E-state index < -0.39 is 67.3 Å². The zero-order chi connectivity index (χ0) is 56.1. The van der Waals surface area contributed by atoms with Crippen LogP contribution in [0.15, 0.2) is 72.9 Å². The van der Waals surface area contributed by atoms with Gasteiger partial charge in [-0.05, 0) is 109 Å². The predicted octanol–water partition coefficient (Wildman–Crippen LogP) is 16.1. The number of allylic oxidation sites excluding steroid dienone is 12. The molecule has 0 bridgehead atoms. The first kappa shape index (κ1) is 71.2. The van der Waals surface area contributed by atoms with Crippen molar-refractivity contribution in [2.24, 2.45) is 0 Å². The van der Waals surface area contributed by atoms with E-state index in [1.54, 1.807) is 0 Å². The van der Waals surface area contributed by atoms with Crippen LogP contribution in [0.2, 0.25) is 0 Å². The Labute approximate surface area is 468 Å². The van der Waals surface area contributed by atoms with E-state index in [1.165, 1.54) is 77.0 Å². The van der Waals surface area contributed by atoms with Crippen molar-refractivity contribution in [1.29, 1.82) is 0 Å². The van der Waals surface area contributed by atoms with Gasteiger partial charge in [0.2, 0.25) is 0 Å².